The van der Waals surface area contributed by atoms with E-state index < -0.39 is 8.07 Å². The maximum atomic E-state index is 2.52. The fourth-order valence-corrected chi connectivity index (χ4v) is 10.6. The van der Waals surface area contributed by atoms with Gasteiger partial charge < -0.3 is 14.9 Å². The molecular formula is C50H48HfSi. The van der Waals surface area contributed by atoms with Crippen LogP contribution in [-0.2, 0) is 25.8 Å². The van der Waals surface area contributed by atoms with Crippen molar-refractivity contribution in [2.75, 3.05) is 0 Å². The Bertz CT molecular complexity index is 2320. The summed E-state index contributed by atoms with van der Waals surface area (Å²) in [5.41, 5.74) is 15.8. The van der Waals surface area contributed by atoms with Crippen molar-refractivity contribution in [1.29, 1.82) is 0 Å². The number of hydrogen-bond acceptors (Lipinski definition) is 0. The van der Waals surface area contributed by atoms with Crippen molar-refractivity contribution in [2.45, 2.75) is 40.8 Å². The third-order valence-corrected chi connectivity index (χ3v) is 14.5. The van der Waals surface area contributed by atoms with Crippen molar-refractivity contribution in [3.05, 3.63) is 183 Å². The Morgan fingerprint density at radius 1 is 0.423 bits per heavy atom. The fraction of sp³-hybridized carbons (Fsp3) is 0.120. The summed E-state index contributed by atoms with van der Waals surface area (Å²) in [5.74, 6) is 0. The minimum atomic E-state index is -2.04. The number of aryl methyl sites for hydroxylation is 2. The van der Waals surface area contributed by atoms with Gasteiger partial charge in [0.1, 0.15) is 0 Å². The summed E-state index contributed by atoms with van der Waals surface area (Å²) in [6.45, 7) is 14.1. The summed E-state index contributed by atoms with van der Waals surface area (Å²) in [6.07, 6.45) is 0. The molecule has 0 radical (unpaired) electrons. The number of hydrogen-bond donors (Lipinski definition) is 0. The maximum Gasteiger partial charge on any atom is 4.00 e. The van der Waals surface area contributed by atoms with Crippen LogP contribution in [-0.4, -0.2) is 8.07 Å². The van der Waals surface area contributed by atoms with Crippen molar-refractivity contribution in [2.24, 2.45) is 0 Å². The van der Waals surface area contributed by atoms with E-state index >= 15 is 0 Å². The van der Waals surface area contributed by atoms with Crippen molar-refractivity contribution >= 4 is 40.0 Å². The Morgan fingerprint density at radius 3 is 1.19 bits per heavy atom. The van der Waals surface area contributed by atoms with Gasteiger partial charge in [0, 0.05) is 0 Å². The monoisotopic (exact) mass is 856 g/mol. The van der Waals surface area contributed by atoms with Gasteiger partial charge in [0.15, 0.2) is 0 Å². The largest absolute Gasteiger partial charge is 4.00 e. The molecule has 256 valence electrons. The predicted molar refractivity (Wildman–Crippen MR) is 229 cm³/mol. The van der Waals surface area contributed by atoms with E-state index in [4.69, 9.17) is 0 Å². The third-order valence-electron chi connectivity index (χ3n) is 11.0. The average molecular weight is 856 g/mol. The van der Waals surface area contributed by atoms with Gasteiger partial charge in [0.05, 0.1) is 8.07 Å². The van der Waals surface area contributed by atoms with Gasteiger partial charge in [0.2, 0.25) is 0 Å². The zero-order chi connectivity index (χ0) is 33.9. The molecule has 0 N–H and O–H groups in total. The molecule has 8 rings (SSSR count). The second-order valence-corrected chi connectivity index (χ2v) is 18.7. The van der Waals surface area contributed by atoms with Gasteiger partial charge in [-0.05, 0) is 83.3 Å². The Labute approximate surface area is 331 Å². The molecule has 0 aromatic heterocycles. The summed E-state index contributed by atoms with van der Waals surface area (Å²) in [6, 6.07) is 54.5. The standard InChI is InChI=1S/C48H42Si.2CH3.Hf/c1-31-23-25-41(33(3)47(31)35-15-9-7-10-16-35)43-21-13-19-37-27-39(29-45(37)43)49(5,6)40-28-38-20-14-22-44(46(38)30-40)42-26-24-32(2)48(34(42)4)36-17-11-8-12-18-36;;;/h7-30H,1-6H3;2*1H3;/q-2;2*-1;+4. The topological polar surface area (TPSA) is 0 Å². The van der Waals surface area contributed by atoms with Crippen LogP contribution in [0.3, 0.4) is 0 Å². The molecule has 0 bridgehead atoms. The van der Waals surface area contributed by atoms with Gasteiger partial charge in [-0.25, -0.2) is 0 Å². The van der Waals surface area contributed by atoms with Crippen LogP contribution in [0.4, 0.5) is 0 Å². The van der Waals surface area contributed by atoms with E-state index in [9.17, 15) is 0 Å². The van der Waals surface area contributed by atoms with Gasteiger partial charge >= 0.3 is 25.8 Å². The van der Waals surface area contributed by atoms with Crippen LogP contribution in [0.1, 0.15) is 22.3 Å². The third kappa shape index (κ3) is 6.57. The van der Waals surface area contributed by atoms with Crippen molar-refractivity contribution in [3.8, 4) is 44.5 Å². The molecule has 2 heteroatoms. The Balaban J connectivity index is 0.00000174. The zero-order valence-corrected chi connectivity index (χ0v) is 36.4. The summed E-state index contributed by atoms with van der Waals surface area (Å²) in [5, 5.41) is 8.33. The molecule has 0 aliphatic carbocycles. The van der Waals surface area contributed by atoms with E-state index in [1.165, 1.54) is 98.7 Å². The maximum absolute atomic E-state index is 2.52. The minimum Gasteiger partial charge on any atom is -0.358 e. The zero-order valence-electron chi connectivity index (χ0n) is 31.9. The van der Waals surface area contributed by atoms with E-state index in [2.05, 4.69) is 186 Å². The van der Waals surface area contributed by atoms with Crippen molar-refractivity contribution in [3.63, 3.8) is 0 Å². The van der Waals surface area contributed by atoms with Crippen LogP contribution in [0.5, 0.6) is 0 Å². The normalized spacial score (nSPS) is 11.2. The van der Waals surface area contributed by atoms with Crippen molar-refractivity contribution < 1.29 is 25.8 Å². The number of rotatable bonds is 6. The molecule has 0 atom stereocenters. The molecule has 0 heterocycles. The van der Waals surface area contributed by atoms with E-state index in [0.717, 1.165) is 0 Å². The molecule has 0 aliphatic heterocycles. The summed E-state index contributed by atoms with van der Waals surface area (Å²) >= 11 is 0. The van der Waals surface area contributed by atoms with Gasteiger partial charge in [-0.2, -0.15) is 12.1 Å². The van der Waals surface area contributed by atoms with E-state index in [1.807, 2.05) is 0 Å². The Morgan fingerprint density at radius 2 is 0.808 bits per heavy atom. The van der Waals surface area contributed by atoms with Gasteiger partial charge in [0.25, 0.3) is 0 Å². The summed E-state index contributed by atoms with van der Waals surface area (Å²) < 4.78 is 0. The van der Waals surface area contributed by atoms with Gasteiger partial charge in [-0.3, -0.25) is 0 Å². The van der Waals surface area contributed by atoms with Crippen LogP contribution in [0, 0.1) is 42.5 Å². The molecule has 0 aliphatic rings. The molecule has 8 aromatic rings. The molecule has 8 aromatic carbocycles. The first-order valence-corrected chi connectivity index (χ1v) is 20.4. The second kappa shape index (κ2) is 15.3. The minimum absolute atomic E-state index is 0. The molecule has 0 nitrogen and oxygen atoms in total. The van der Waals surface area contributed by atoms with Crippen LogP contribution in [0.2, 0.25) is 13.1 Å². The second-order valence-electron chi connectivity index (χ2n) is 14.3. The number of benzene rings is 6. The molecule has 0 spiro atoms. The summed E-state index contributed by atoms with van der Waals surface area (Å²) in [4.78, 5) is 0. The molecule has 0 saturated carbocycles. The number of fused-ring (bicyclic) bond motifs is 2. The molecule has 52 heavy (non-hydrogen) atoms. The van der Waals surface area contributed by atoms with Gasteiger partial charge in [-0.15, -0.1) is 68.3 Å². The first-order chi connectivity index (χ1) is 23.7. The molecule has 0 unspecified atom stereocenters. The first-order valence-electron chi connectivity index (χ1n) is 17.4. The van der Waals surface area contributed by atoms with Crippen molar-refractivity contribution in [1.82, 2.24) is 0 Å². The SMILES string of the molecule is Cc1ccc(-c2cccc3[cH-]c([Si](C)(C)c4cc5c(-c6ccc(C)c(-c7ccccc7)c6C)cccc5[cH-]4)cc23)c(C)c1-c1ccccc1.[CH3-].[CH3-].[Hf+4]. The van der Waals surface area contributed by atoms with E-state index in [1.54, 1.807) is 0 Å². The quantitative estimate of drug-likeness (QED) is 0.115. The van der Waals surface area contributed by atoms with Crippen LogP contribution in [0.25, 0.3) is 66.1 Å². The predicted octanol–water partition coefficient (Wildman–Crippen LogP) is 13.1. The van der Waals surface area contributed by atoms with E-state index in [-0.39, 0.29) is 40.7 Å². The molecule has 0 amide bonds. The Hall–Kier alpha value is -4.37. The molecule has 0 fully saturated rings. The Kier molecular flexibility index (Phi) is 11.4. The smallest absolute Gasteiger partial charge is 0.358 e. The summed E-state index contributed by atoms with van der Waals surface area (Å²) in [7, 11) is -2.04. The van der Waals surface area contributed by atoms with Crippen LogP contribution in [0.15, 0.2) is 146 Å². The average Bonchev–Trinajstić information content (AvgIpc) is 3.76. The van der Waals surface area contributed by atoms with Gasteiger partial charge in [-0.1, -0.05) is 121 Å². The van der Waals surface area contributed by atoms with Crippen LogP contribution < -0.4 is 10.4 Å². The first kappa shape index (κ1) is 38.8. The molecular weight excluding hydrogens is 807 g/mol. The fourth-order valence-electron chi connectivity index (χ4n) is 8.20. The van der Waals surface area contributed by atoms with E-state index in [0.29, 0.717) is 0 Å². The molecule has 0 saturated heterocycles. The van der Waals surface area contributed by atoms with Crippen LogP contribution >= 0.6 is 0 Å².